The van der Waals surface area contributed by atoms with Crippen molar-refractivity contribution in [3.63, 3.8) is 0 Å². The molecule has 1 aromatic carbocycles. The maximum atomic E-state index is 12.5. The number of carbonyl (C=O) groups excluding carboxylic acids is 1. The highest BCUT2D eigenvalue weighted by molar-refractivity contribution is 7.99. The van der Waals surface area contributed by atoms with E-state index in [9.17, 15) is 4.79 Å². The molecule has 0 saturated heterocycles. The van der Waals surface area contributed by atoms with E-state index in [-0.39, 0.29) is 12.0 Å². The van der Waals surface area contributed by atoms with Crippen LogP contribution in [0.4, 0.5) is 0 Å². The first kappa shape index (κ1) is 15.7. The third-order valence-electron chi connectivity index (χ3n) is 4.95. The van der Waals surface area contributed by atoms with E-state index < -0.39 is 0 Å². The maximum absolute atomic E-state index is 12.5. The molecule has 1 aromatic rings. The second kappa shape index (κ2) is 6.53. The minimum absolute atomic E-state index is 0.0539. The first-order valence-electron chi connectivity index (χ1n) is 8.16. The largest absolute Gasteiger partial charge is 0.480 e. The van der Waals surface area contributed by atoms with Crippen LogP contribution in [0.25, 0.3) is 0 Å². The van der Waals surface area contributed by atoms with Crippen molar-refractivity contribution >= 4 is 17.7 Å². The van der Waals surface area contributed by atoms with E-state index >= 15 is 0 Å². The van der Waals surface area contributed by atoms with Gasteiger partial charge in [-0.1, -0.05) is 12.5 Å². The minimum Gasteiger partial charge on any atom is -0.480 e. The lowest BCUT2D eigenvalue weighted by Gasteiger charge is -2.29. The van der Waals surface area contributed by atoms with Crippen LogP contribution in [0.5, 0.6) is 5.75 Å². The van der Waals surface area contributed by atoms with Crippen molar-refractivity contribution in [2.24, 2.45) is 0 Å². The normalized spacial score (nSPS) is 27.1. The SMILES string of the molecule is CS[C@@H]1CCC[C@@H](NC(=O)[C@@H]2Cc3cc(C)c(C)cc3O2)C1. The molecule has 120 valence electrons. The Kier molecular flexibility index (Phi) is 4.67. The lowest BCUT2D eigenvalue weighted by Crippen LogP contribution is -2.45. The molecule has 0 unspecified atom stereocenters. The number of thioether (sulfide) groups is 1. The van der Waals surface area contributed by atoms with Gasteiger partial charge in [0.2, 0.25) is 0 Å². The molecule has 0 aromatic heterocycles. The number of benzene rings is 1. The lowest BCUT2D eigenvalue weighted by molar-refractivity contribution is -0.128. The van der Waals surface area contributed by atoms with Crippen molar-refractivity contribution in [3.05, 3.63) is 28.8 Å². The molecule has 22 heavy (non-hydrogen) atoms. The molecule has 1 saturated carbocycles. The van der Waals surface area contributed by atoms with E-state index in [2.05, 4.69) is 37.6 Å². The number of fused-ring (bicyclic) bond motifs is 1. The van der Waals surface area contributed by atoms with E-state index in [0.717, 1.165) is 24.2 Å². The van der Waals surface area contributed by atoms with Gasteiger partial charge in [-0.15, -0.1) is 0 Å². The molecule has 3 atom stereocenters. The van der Waals surface area contributed by atoms with Gasteiger partial charge in [0, 0.05) is 17.7 Å². The number of rotatable bonds is 3. The zero-order chi connectivity index (χ0) is 15.7. The van der Waals surface area contributed by atoms with Crippen LogP contribution in [-0.2, 0) is 11.2 Å². The van der Waals surface area contributed by atoms with Gasteiger partial charge >= 0.3 is 0 Å². The van der Waals surface area contributed by atoms with Gasteiger partial charge in [0.1, 0.15) is 5.75 Å². The lowest BCUT2D eigenvalue weighted by atomic mass is 9.94. The van der Waals surface area contributed by atoms with Crippen LogP contribution in [0.2, 0.25) is 0 Å². The van der Waals surface area contributed by atoms with E-state index in [1.807, 2.05) is 11.8 Å². The van der Waals surface area contributed by atoms with Crippen LogP contribution >= 0.6 is 11.8 Å². The Labute approximate surface area is 137 Å². The molecular weight excluding hydrogens is 294 g/mol. The number of amides is 1. The Morgan fingerprint density at radius 3 is 2.82 bits per heavy atom. The van der Waals surface area contributed by atoms with Crippen LogP contribution in [0.1, 0.15) is 42.4 Å². The molecule has 4 heteroatoms. The number of ether oxygens (including phenoxy) is 1. The van der Waals surface area contributed by atoms with Crippen molar-refractivity contribution in [3.8, 4) is 5.75 Å². The fourth-order valence-electron chi connectivity index (χ4n) is 3.44. The van der Waals surface area contributed by atoms with Crippen molar-refractivity contribution in [2.45, 2.75) is 63.3 Å². The number of nitrogens with one attached hydrogen (secondary N) is 1. The number of hydrogen-bond acceptors (Lipinski definition) is 3. The predicted octanol–water partition coefficient (Wildman–Crippen LogP) is 3.40. The standard InChI is InChI=1S/C18H25NO2S/c1-11-7-13-9-17(21-16(13)8-12(11)2)18(20)19-14-5-4-6-15(10-14)22-3/h7-8,14-15,17H,4-6,9-10H2,1-3H3,(H,19,20)/t14-,15-,17+/m1/s1. The molecule has 1 aliphatic carbocycles. The molecule has 1 N–H and O–H groups in total. The fourth-order valence-corrected chi connectivity index (χ4v) is 4.27. The summed E-state index contributed by atoms with van der Waals surface area (Å²) in [7, 11) is 0. The summed E-state index contributed by atoms with van der Waals surface area (Å²) in [6.07, 6.45) is 7.17. The molecule has 1 fully saturated rings. The Bertz CT molecular complexity index is 541. The molecule has 2 aliphatic rings. The number of hydrogen-bond donors (Lipinski definition) is 1. The summed E-state index contributed by atoms with van der Waals surface area (Å²) in [4.78, 5) is 12.5. The fraction of sp³-hybridized carbons (Fsp3) is 0.611. The molecule has 0 radical (unpaired) electrons. The van der Waals surface area contributed by atoms with E-state index in [4.69, 9.17) is 4.74 Å². The molecule has 1 heterocycles. The van der Waals surface area contributed by atoms with Crippen molar-refractivity contribution in [1.29, 1.82) is 0 Å². The molecule has 1 amide bonds. The summed E-state index contributed by atoms with van der Waals surface area (Å²) in [5.41, 5.74) is 3.64. The zero-order valence-corrected chi connectivity index (χ0v) is 14.5. The third-order valence-corrected chi connectivity index (χ3v) is 6.04. The maximum Gasteiger partial charge on any atom is 0.261 e. The van der Waals surface area contributed by atoms with E-state index in [0.29, 0.717) is 17.7 Å². The summed E-state index contributed by atoms with van der Waals surface area (Å²) in [6, 6.07) is 4.53. The Balaban J connectivity index is 1.60. The second-order valence-electron chi connectivity index (χ2n) is 6.58. The van der Waals surface area contributed by atoms with Crippen LogP contribution in [0.3, 0.4) is 0 Å². The molecule has 1 aliphatic heterocycles. The quantitative estimate of drug-likeness (QED) is 0.928. The van der Waals surface area contributed by atoms with Gasteiger partial charge in [-0.25, -0.2) is 0 Å². The highest BCUT2D eigenvalue weighted by Gasteiger charge is 2.32. The number of carbonyl (C=O) groups is 1. The summed E-state index contributed by atoms with van der Waals surface area (Å²) in [6.45, 7) is 4.19. The van der Waals surface area contributed by atoms with Gasteiger partial charge in [-0.3, -0.25) is 4.79 Å². The monoisotopic (exact) mass is 319 g/mol. The van der Waals surface area contributed by atoms with Gasteiger partial charge in [-0.05, 0) is 62.1 Å². The molecule has 3 nitrogen and oxygen atoms in total. The van der Waals surface area contributed by atoms with Crippen LogP contribution < -0.4 is 10.1 Å². The van der Waals surface area contributed by atoms with Crippen molar-refractivity contribution in [2.75, 3.05) is 6.26 Å². The number of aryl methyl sites for hydroxylation is 2. The van der Waals surface area contributed by atoms with Gasteiger partial charge in [0.25, 0.3) is 5.91 Å². The molecular formula is C18H25NO2S. The summed E-state index contributed by atoms with van der Waals surface area (Å²) < 4.78 is 5.88. The van der Waals surface area contributed by atoms with E-state index in [1.54, 1.807) is 0 Å². The Morgan fingerprint density at radius 1 is 1.27 bits per heavy atom. The van der Waals surface area contributed by atoms with Gasteiger partial charge in [0.05, 0.1) is 0 Å². The smallest absolute Gasteiger partial charge is 0.261 e. The third kappa shape index (κ3) is 3.27. The first-order chi connectivity index (χ1) is 10.6. The first-order valence-corrected chi connectivity index (χ1v) is 9.45. The topological polar surface area (TPSA) is 38.3 Å². The van der Waals surface area contributed by atoms with Gasteiger partial charge < -0.3 is 10.1 Å². The Morgan fingerprint density at radius 2 is 2.05 bits per heavy atom. The molecule has 3 rings (SSSR count). The molecule has 0 bridgehead atoms. The summed E-state index contributed by atoms with van der Waals surface area (Å²) in [5, 5.41) is 3.90. The highest BCUT2D eigenvalue weighted by Crippen LogP contribution is 2.32. The Hall–Kier alpha value is -1.16. The van der Waals surface area contributed by atoms with Crippen LogP contribution in [0.15, 0.2) is 12.1 Å². The minimum atomic E-state index is -0.356. The van der Waals surface area contributed by atoms with Crippen molar-refractivity contribution in [1.82, 2.24) is 5.32 Å². The highest BCUT2D eigenvalue weighted by atomic mass is 32.2. The van der Waals surface area contributed by atoms with E-state index in [1.165, 1.54) is 24.0 Å². The summed E-state index contributed by atoms with van der Waals surface area (Å²) >= 11 is 1.92. The predicted molar refractivity (Wildman–Crippen MR) is 91.7 cm³/mol. The average Bonchev–Trinajstić information content (AvgIpc) is 2.91. The van der Waals surface area contributed by atoms with Crippen LogP contribution in [0, 0.1) is 13.8 Å². The molecule has 0 spiro atoms. The van der Waals surface area contributed by atoms with Gasteiger partial charge in [-0.2, -0.15) is 11.8 Å². The second-order valence-corrected chi connectivity index (χ2v) is 7.72. The van der Waals surface area contributed by atoms with Gasteiger partial charge in [0.15, 0.2) is 6.10 Å². The summed E-state index contributed by atoms with van der Waals surface area (Å²) in [5.74, 6) is 0.937. The van der Waals surface area contributed by atoms with Crippen molar-refractivity contribution < 1.29 is 9.53 Å². The average molecular weight is 319 g/mol. The zero-order valence-electron chi connectivity index (χ0n) is 13.6. The van der Waals surface area contributed by atoms with Crippen LogP contribution in [-0.4, -0.2) is 29.6 Å².